The van der Waals surface area contributed by atoms with E-state index in [9.17, 15) is 14.4 Å². The number of nitrogens with one attached hydrogen (secondary N) is 1. The van der Waals surface area contributed by atoms with Gasteiger partial charge in [-0.2, -0.15) is 0 Å². The van der Waals surface area contributed by atoms with E-state index >= 15 is 0 Å². The molecule has 136 valence electrons. The van der Waals surface area contributed by atoms with Crippen LogP contribution < -0.4 is 0 Å². The minimum absolute atomic E-state index is 0.0972. The Balaban J connectivity index is 1.59. The van der Waals surface area contributed by atoms with Gasteiger partial charge in [0, 0.05) is 41.8 Å². The molecule has 2 fully saturated rings. The summed E-state index contributed by atoms with van der Waals surface area (Å²) in [5, 5.41) is 1.04. The summed E-state index contributed by atoms with van der Waals surface area (Å²) in [6, 6.07) is 4.84. The Hall–Kier alpha value is -2.83. The largest absolute Gasteiger partial charge is 0.358 e. The molecule has 2 saturated heterocycles. The minimum Gasteiger partial charge on any atom is -0.358 e. The van der Waals surface area contributed by atoms with Gasteiger partial charge in [-0.1, -0.05) is 0 Å². The third-order valence-corrected chi connectivity index (χ3v) is 5.57. The van der Waals surface area contributed by atoms with Crippen LogP contribution >= 0.6 is 0 Å². The molecule has 0 bridgehead atoms. The molecule has 0 spiro atoms. The zero-order valence-electron chi connectivity index (χ0n) is 15.2. The molecule has 2 aliphatic heterocycles. The van der Waals surface area contributed by atoms with Crippen LogP contribution in [-0.4, -0.2) is 69.8 Å². The number of carbonyl (C=O) groups excluding carboxylic acids is 3. The Kier molecular flexibility index (Phi) is 3.75. The molecule has 1 aromatic heterocycles. The van der Waals surface area contributed by atoms with Crippen molar-refractivity contribution in [1.29, 1.82) is 0 Å². The Morgan fingerprint density at radius 2 is 2.00 bits per heavy atom. The van der Waals surface area contributed by atoms with Crippen LogP contribution in [0.1, 0.15) is 28.5 Å². The van der Waals surface area contributed by atoms with Crippen LogP contribution in [0.25, 0.3) is 10.9 Å². The van der Waals surface area contributed by atoms with Crippen LogP contribution in [0.3, 0.4) is 0 Å². The van der Waals surface area contributed by atoms with E-state index in [1.165, 1.54) is 4.90 Å². The second kappa shape index (κ2) is 5.86. The molecule has 4 rings (SSSR count). The van der Waals surface area contributed by atoms with Crippen LogP contribution in [0.5, 0.6) is 0 Å². The molecule has 3 heterocycles. The second-order valence-electron chi connectivity index (χ2n) is 6.96. The van der Waals surface area contributed by atoms with E-state index in [0.29, 0.717) is 25.2 Å². The summed E-state index contributed by atoms with van der Waals surface area (Å²) >= 11 is 0. The van der Waals surface area contributed by atoms with Crippen LogP contribution in [0, 0.1) is 13.8 Å². The highest BCUT2D eigenvalue weighted by Gasteiger charge is 2.47. The number of piperazine rings is 1. The van der Waals surface area contributed by atoms with Crippen molar-refractivity contribution in [3.63, 3.8) is 0 Å². The zero-order valence-corrected chi connectivity index (χ0v) is 15.2. The van der Waals surface area contributed by atoms with Gasteiger partial charge in [-0.3, -0.25) is 14.5 Å². The minimum atomic E-state index is -0.555. The number of benzene rings is 1. The summed E-state index contributed by atoms with van der Waals surface area (Å²) in [5.41, 5.74) is 3.84. The number of aryl methyl sites for hydroxylation is 2. The van der Waals surface area contributed by atoms with E-state index in [1.54, 1.807) is 16.7 Å². The van der Waals surface area contributed by atoms with Crippen molar-refractivity contribution < 1.29 is 14.4 Å². The SMILES string of the molecule is CCN1C(=O)[C@H]2CN(C(=O)c3ccc4[nH]c(C)c(C)c4c3)CCN2C1=O. The summed E-state index contributed by atoms with van der Waals surface area (Å²) in [7, 11) is 0. The van der Waals surface area contributed by atoms with E-state index in [2.05, 4.69) is 4.98 Å². The molecule has 0 saturated carbocycles. The summed E-state index contributed by atoms with van der Waals surface area (Å²) in [6.07, 6.45) is 0. The fourth-order valence-corrected chi connectivity index (χ4v) is 3.90. The van der Waals surface area contributed by atoms with Gasteiger partial charge in [-0.25, -0.2) is 4.79 Å². The lowest BCUT2D eigenvalue weighted by Gasteiger charge is -2.35. The summed E-state index contributed by atoms with van der Waals surface area (Å²) in [4.78, 5) is 45.5. The van der Waals surface area contributed by atoms with Gasteiger partial charge >= 0.3 is 6.03 Å². The maximum absolute atomic E-state index is 13.0. The molecular weight excluding hydrogens is 332 g/mol. The second-order valence-corrected chi connectivity index (χ2v) is 6.96. The quantitative estimate of drug-likeness (QED) is 0.837. The number of H-pyrrole nitrogens is 1. The van der Waals surface area contributed by atoms with Crippen molar-refractivity contribution in [1.82, 2.24) is 19.7 Å². The molecule has 0 aliphatic carbocycles. The number of urea groups is 1. The molecule has 1 atom stereocenters. The first-order valence-corrected chi connectivity index (χ1v) is 8.92. The molecule has 7 heteroatoms. The summed E-state index contributed by atoms with van der Waals surface area (Å²) in [5.74, 6) is -0.303. The van der Waals surface area contributed by atoms with Gasteiger partial charge in [0.05, 0.1) is 6.54 Å². The van der Waals surface area contributed by atoms with Crippen LogP contribution in [0.15, 0.2) is 18.2 Å². The number of rotatable bonds is 2. The molecule has 2 aliphatic rings. The Morgan fingerprint density at radius 1 is 1.23 bits per heavy atom. The number of aromatic amines is 1. The van der Waals surface area contributed by atoms with Crippen molar-refractivity contribution in [3.05, 3.63) is 35.0 Å². The number of fused-ring (bicyclic) bond motifs is 2. The molecule has 7 nitrogen and oxygen atoms in total. The lowest BCUT2D eigenvalue weighted by atomic mass is 10.1. The third-order valence-electron chi connectivity index (χ3n) is 5.57. The van der Waals surface area contributed by atoms with E-state index in [4.69, 9.17) is 0 Å². The molecule has 1 N–H and O–H groups in total. The van der Waals surface area contributed by atoms with Crippen molar-refractivity contribution in [2.45, 2.75) is 26.8 Å². The van der Waals surface area contributed by atoms with Crippen LogP contribution in [-0.2, 0) is 4.79 Å². The highest BCUT2D eigenvalue weighted by Crippen LogP contribution is 2.25. The highest BCUT2D eigenvalue weighted by molar-refractivity contribution is 6.05. The number of nitrogens with zero attached hydrogens (tertiary/aromatic N) is 3. The fourth-order valence-electron chi connectivity index (χ4n) is 3.90. The lowest BCUT2D eigenvalue weighted by molar-refractivity contribution is -0.129. The lowest BCUT2D eigenvalue weighted by Crippen LogP contribution is -2.54. The number of hydrogen-bond acceptors (Lipinski definition) is 3. The average Bonchev–Trinajstić information content (AvgIpc) is 3.07. The molecule has 0 unspecified atom stereocenters. The number of aromatic nitrogens is 1. The number of likely N-dealkylation sites (N-methyl/N-ethyl adjacent to an activating group) is 1. The van der Waals surface area contributed by atoms with Gasteiger partial charge in [-0.05, 0) is 44.5 Å². The topological polar surface area (TPSA) is 76.7 Å². The van der Waals surface area contributed by atoms with Crippen molar-refractivity contribution in [2.75, 3.05) is 26.2 Å². The first-order valence-electron chi connectivity index (χ1n) is 8.92. The van der Waals surface area contributed by atoms with Crippen LogP contribution in [0.4, 0.5) is 4.79 Å². The molecule has 26 heavy (non-hydrogen) atoms. The highest BCUT2D eigenvalue weighted by atomic mass is 16.2. The van der Waals surface area contributed by atoms with Gasteiger partial charge in [0.1, 0.15) is 6.04 Å². The number of carbonyl (C=O) groups is 3. The third kappa shape index (κ3) is 2.30. The predicted octanol–water partition coefficient (Wildman–Crippen LogP) is 1.89. The number of imide groups is 1. The van der Waals surface area contributed by atoms with Gasteiger partial charge in [0.2, 0.25) is 0 Å². The molecule has 1 aromatic carbocycles. The molecule has 2 aromatic rings. The Morgan fingerprint density at radius 3 is 2.73 bits per heavy atom. The normalized spacial score (nSPS) is 20.3. The van der Waals surface area contributed by atoms with Crippen molar-refractivity contribution in [2.24, 2.45) is 0 Å². The van der Waals surface area contributed by atoms with Crippen molar-refractivity contribution >= 4 is 28.7 Å². The van der Waals surface area contributed by atoms with E-state index in [1.807, 2.05) is 32.0 Å². The maximum Gasteiger partial charge on any atom is 0.327 e. The molecule has 4 amide bonds. The summed E-state index contributed by atoms with van der Waals surface area (Å²) in [6.45, 7) is 7.27. The summed E-state index contributed by atoms with van der Waals surface area (Å²) < 4.78 is 0. The number of amides is 4. The Bertz CT molecular complexity index is 932. The molecule has 0 radical (unpaired) electrons. The standard InChI is InChI=1S/C19H22N4O3/c1-4-22-18(25)16-10-21(7-8-23(16)19(22)26)17(24)13-5-6-15-14(9-13)11(2)12(3)20-15/h5-6,9,16,20H,4,7-8,10H2,1-3H3/t16-/m1/s1. The Labute approximate surface area is 151 Å². The van der Waals surface area contributed by atoms with Gasteiger partial charge < -0.3 is 14.8 Å². The monoisotopic (exact) mass is 354 g/mol. The smallest absolute Gasteiger partial charge is 0.327 e. The predicted molar refractivity (Wildman–Crippen MR) is 97.0 cm³/mol. The van der Waals surface area contributed by atoms with E-state index < -0.39 is 6.04 Å². The molecular formula is C19H22N4O3. The first kappa shape index (κ1) is 16.6. The van der Waals surface area contributed by atoms with E-state index in [0.717, 1.165) is 22.2 Å². The van der Waals surface area contributed by atoms with E-state index in [-0.39, 0.29) is 24.4 Å². The van der Waals surface area contributed by atoms with Crippen LogP contribution in [0.2, 0.25) is 0 Å². The van der Waals surface area contributed by atoms with Gasteiger partial charge in [0.15, 0.2) is 0 Å². The zero-order chi connectivity index (χ0) is 18.6. The van der Waals surface area contributed by atoms with Gasteiger partial charge in [0.25, 0.3) is 11.8 Å². The average molecular weight is 354 g/mol. The first-order chi connectivity index (χ1) is 12.4. The fraction of sp³-hybridized carbons (Fsp3) is 0.421. The number of hydrogen-bond donors (Lipinski definition) is 1. The van der Waals surface area contributed by atoms with Crippen molar-refractivity contribution in [3.8, 4) is 0 Å². The van der Waals surface area contributed by atoms with Gasteiger partial charge in [-0.15, -0.1) is 0 Å². The maximum atomic E-state index is 13.0.